The Balaban J connectivity index is 4.22. The molecule has 1 atom stereocenters. The first-order chi connectivity index (χ1) is 37.0. The average Bonchev–Trinajstić information content (AvgIpc) is 3.41. The zero-order valence-corrected chi connectivity index (χ0v) is 48.8. The maximum Gasteiger partial charge on any atom is 0.306 e. The van der Waals surface area contributed by atoms with Crippen LogP contribution in [0, 0.1) is 0 Å². The third-order valence-corrected chi connectivity index (χ3v) is 13.0. The van der Waals surface area contributed by atoms with Crippen molar-refractivity contribution >= 4 is 17.9 Å². The van der Waals surface area contributed by atoms with Crippen LogP contribution in [0.3, 0.4) is 0 Å². The van der Waals surface area contributed by atoms with Gasteiger partial charge in [0.25, 0.3) is 0 Å². The van der Waals surface area contributed by atoms with E-state index in [0.717, 1.165) is 77.0 Å². The molecule has 0 heterocycles. The summed E-state index contributed by atoms with van der Waals surface area (Å²) in [5.41, 5.74) is 0. The second kappa shape index (κ2) is 62.4. The van der Waals surface area contributed by atoms with Gasteiger partial charge in [0.1, 0.15) is 13.2 Å². The number of hydrogen-bond donors (Lipinski definition) is 0. The van der Waals surface area contributed by atoms with Crippen LogP contribution < -0.4 is 0 Å². The van der Waals surface area contributed by atoms with Gasteiger partial charge in [-0.25, -0.2) is 0 Å². The van der Waals surface area contributed by atoms with Crippen molar-refractivity contribution in [3.63, 3.8) is 0 Å². The highest BCUT2D eigenvalue weighted by molar-refractivity contribution is 5.71. The maximum atomic E-state index is 12.8. The number of carbonyl (C=O) groups excluding carboxylic acids is 3. The number of rotatable bonds is 55. The summed E-state index contributed by atoms with van der Waals surface area (Å²) in [5, 5.41) is 0. The lowest BCUT2D eigenvalue weighted by atomic mass is 10.0. The van der Waals surface area contributed by atoms with E-state index in [2.05, 4.69) is 118 Å². The molecular formula is C69H114O6. The minimum Gasteiger partial charge on any atom is -0.462 e. The zero-order chi connectivity index (χ0) is 54.3. The molecule has 0 fully saturated rings. The Hall–Kier alpha value is -4.19. The Bertz CT molecular complexity index is 1570. The topological polar surface area (TPSA) is 78.9 Å². The van der Waals surface area contributed by atoms with E-state index in [-0.39, 0.29) is 38.0 Å². The van der Waals surface area contributed by atoms with E-state index >= 15 is 0 Å². The summed E-state index contributed by atoms with van der Waals surface area (Å²) in [6, 6.07) is 0. The predicted octanol–water partition coefficient (Wildman–Crippen LogP) is 21.2. The van der Waals surface area contributed by atoms with Gasteiger partial charge in [0, 0.05) is 19.3 Å². The van der Waals surface area contributed by atoms with Gasteiger partial charge in [0.05, 0.1) is 0 Å². The van der Waals surface area contributed by atoms with E-state index in [1.807, 2.05) is 24.3 Å². The highest BCUT2D eigenvalue weighted by Gasteiger charge is 2.19. The molecule has 0 aromatic heterocycles. The van der Waals surface area contributed by atoms with E-state index < -0.39 is 12.1 Å². The summed E-state index contributed by atoms with van der Waals surface area (Å²) in [5.74, 6) is -1.10. The van der Waals surface area contributed by atoms with Gasteiger partial charge < -0.3 is 14.2 Å². The van der Waals surface area contributed by atoms with Crippen molar-refractivity contribution < 1.29 is 28.6 Å². The van der Waals surface area contributed by atoms with Crippen LogP contribution in [0.2, 0.25) is 0 Å². The van der Waals surface area contributed by atoms with Crippen molar-refractivity contribution in [1.29, 1.82) is 0 Å². The lowest BCUT2D eigenvalue weighted by Gasteiger charge is -2.18. The Morgan fingerprint density at radius 1 is 0.280 bits per heavy atom. The molecule has 0 bridgehead atoms. The summed E-state index contributed by atoms with van der Waals surface area (Å²) in [4.78, 5) is 38.0. The quantitative estimate of drug-likeness (QED) is 0.0261. The van der Waals surface area contributed by atoms with Crippen molar-refractivity contribution in [2.24, 2.45) is 0 Å². The molecule has 0 spiro atoms. The lowest BCUT2D eigenvalue weighted by molar-refractivity contribution is -0.166. The molecule has 0 radical (unpaired) electrons. The third kappa shape index (κ3) is 60.6. The van der Waals surface area contributed by atoms with Gasteiger partial charge in [-0.1, -0.05) is 277 Å². The standard InChI is InChI=1S/C69H114O6/c1-4-7-10-13-16-19-22-25-26-27-28-29-30-31-32-33-34-35-36-37-38-39-40-41-42-45-47-50-53-56-59-62-68(71)74-65-66(75-69(72)63-60-57-54-51-48-44-24-21-18-15-12-9-6-3)64-73-67(70)61-58-55-52-49-46-43-23-20-17-14-11-8-5-2/h8-9,11-12,17-18,20-22,25,27-28,43-44,46,48,52,54-55,57,66H,4-7,10,13-16,19,23-24,26,29-42,45,47,49-51,53,56,58-65H2,1-3H3/b11-8-,12-9-,20-17-,21-18-,25-22-,28-27-,46-43-,48-44-,55-52-,57-54-. The number of carbonyl (C=O) groups is 3. The Morgan fingerprint density at radius 2 is 0.547 bits per heavy atom. The molecule has 0 saturated heterocycles. The van der Waals surface area contributed by atoms with Crippen LogP contribution in [-0.4, -0.2) is 37.2 Å². The van der Waals surface area contributed by atoms with Crippen molar-refractivity contribution in [3.8, 4) is 0 Å². The summed E-state index contributed by atoms with van der Waals surface area (Å²) in [6.45, 7) is 6.27. The highest BCUT2D eigenvalue weighted by Crippen LogP contribution is 2.16. The summed E-state index contributed by atoms with van der Waals surface area (Å²) >= 11 is 0. The maximum absolute atomic E-state index is 12.8. The Morgan fingerprint density at radius 3 is 0.893 bits per heavy atom. The van der Waals surface area contributed by atoms with E-state index in [0.29, 0.717) is 19.3 Å². The van der Waals surface area contributed by atoms with E-state index in [9.17, 15) is 14.4 Å². The largest absolute Gasteiger partial charge is 0.462 e. The zero-order valence-electron chi connectivity index (χ0n) is 48.8. The van der Waals surface area contributed by atoms with Crippen LogP contribution in [0.4, 0.5) is 0 Å². The summed E-state index contributed by atoms with van der Waals surface area (Å²) in [6.07, 6.45) is 86.9. The fraction of sp³-hybridized carbons (Fsp3) is 0.667. The molecule has 0 aliphatic carbocycles. The van der Waals surface area contributed by atoms with Gasteiger partial charge in [0.2, 0.25) is 0 Å². The van der Waals surface area contributed by atoms with Gasteiger partial charge in [0.15, 0.2) is 6.10 Å². The first kappa shape index (κ1) is 70.8. The first-order valence-electron chi connectivity index (χ1n) is 31.0. The van der Waals surface area contributed by atoms with Crippen molar-refractivity contribution in [2.45, 2.75) is 284 Å². The second-order valence-electron chi connectivity index (χ2n) is 20.2. The second-order valence-corrected chi connectivity index (χ2v) is 20.2. The van der Waals surface area contributed by atoms with Crippen molar-refractivity contribution in [1.82, 2.24) is 0 Å². The minimum atomic E-state index is -0.847. The molecular weight excluding hydrogens is 925 g/mol. The molecule has 0 rings (SSSR count). The van der Waals surface area contributed by atoms with Gasteiger partial charge in [-0.15, -0.1) is 0 Å². The van der Waals surface area contributed by atoms with Crippen LogP contribution in [0.1, 0.15) is 278 Å². The van der Waals surface area contributed by atoms with Crippen LogP contribution >= 0.6 is 0 Å². The van der Waals surface area contributed by atoms with Crippen LogP contribution in [-0.2, 0) is 28.6 Å². The molecule has 0 N–H and O–H groups in total. The van der Waals surface area contributed by atoms with E-state index in [1.54, 1.807) is 0 Å². The molecule has 0 aromatic rings. The van der Waals surface area contributed by atoms with E-state index in [1.165, 1.54) is 148 Å². The van der Waals surface area contributed by atoms with Gasteiger partial charge in [-0.2, -0.15) is 0 Å². The molecule has 75 heavy (non-hydrogen) atoms. The summed E-state index contributed by atoms with van der Waals surface area (Å²) < 4.78 is 16.7. The number of esters is 3. The number of unbranched alkanes of at least 4 members (excludes halogenated alkanes) is 24. The van der Waals surface area contributed by atoms with Crippen LogP contribution in [0.25, 0.3) is 0 Å². The number of allylic oxidation sites excluding steroid dienone is 20. The van der Waals surface area contributed by atoms with Crippen molar-refractivity contribution in [3.05, 3.63) is 122 Å². The number of ether oxygens (including phenoxy) is 3. The van der Waals surface area contributed by atoms with Gasteiger partial charge in [-0.3, -0.25) is 14.4 Å². The van der Waals surface area contributed by atoms with Crippen LogP contribution in [0.15, 0.2) is 122 Å². The van der Waals surface area contributed by atoms with Gasteiger partial charge in [-0.05, 0) is 103 Å². The molecule has 6 nitrogen and oxygen atoms in total. The van der Waals surface area contributed by atoms with Gasteiger partial charge >= 0.3 is 17.9 Å². The molecule has 1 unspecified atom stereocenters. The summed E-state index contributed by atoms with van der Waals surface area (Å²) in [7, 11) is 0. The van der Waals surface area contributed by atoms with Crippen LogP contribution in [0.5, 0.6) is 0 Å². The van der Waals surface area contributed by atoms with Crippen molar-refractivity contribution in [2.75, 3.05) is 13.2 Å². The Kier molecular flexibility index (Phi) is 58.9. The Labute approximate surface area is 462 Å². The molecule has 0 aliphatic rings. The lowest BCUT2D eigenvalue weighted by Crippen LogP contribution is -2.30. The van der Waals surface area contributed by atoms with E-state index in [4.69, 9.17) is 14.2 Å². The fourth-order valence-corrected chi connectivity index (χ4v) is 8.38. The normalized spacial score (nSPS) is 12.9. The molecule has 426 valence electrons. The SMILES string of the molecule is CC/C=C\C/C=C\C/C=C\C/C=C\CCC(=O)OCC(COC(=O)CCCCCCCCCCCCCCCCCCCCC/C=C\C/C=C\CCCCCCC)OC(=O)CC/C=C\C/C=C\C/C=C\C/C=C\CC. The average molecular weight is 1040 g/mol. The first-order valence-corrected chi connectivity index (χ1v) is 31.0. The fourth-order valence-electron chi connectivity index (χ4n) is 8.38. The predicted molar refractivity (Wildman–Crippen MR) is 325 cm³/mol. The molecule has 0 saturated carbocycles. The molecule has 0 amide bonds. The highest BCUT2D eigenvalue weighted by atomic mass is 16.6. The third-order valence-electron chi connectivity index (χ3n) is 13.0. The molecule has 0 aliphatic heterocycles. The molecule has 6 heteroatoms. The minimum absolute atomic E-state index is 0.129. The monoisotopic (exact) mass is 1040 g/mol. The smallest absolute Gasteiger partial charge is 0.306 e. The molecule has 0 aromatic carbocycles. The number of hydrogen-bond acceptors (Lipinski definition) is 6.